The van der Waals surface area contributed by atoms with Gasteiger partial charge in [-0.3, -0.25) is 0 Å². The molecule has 0 amide bonds. The highest BCUT2D eigenvalue weighted by Crippen LogP contribution is 2.44. The summed E-state index contributed by atoms with van der Waals surface area (Å²) in [6.07, 6.45) is -0.796. The number of methoxy groups -OCH3 is 1. The van der Waals surface area contributed by atoms with Crippen LogP contribution in [0.2, 0.25) is 0 Å². The van der Waals surface area contributed by atoms with Crippen molar-refractivity contribution >= 4 is 5.97 Å². The summed E-state index contributed by atoms with van der Waals surface area (Å²) in [5.41, 5.74) is -0.373. The monoisotopic (exact) mass is 338 g/mol. The van der Waals surface area contributed by atoms with Gasteiger partial charge in [0.05, 0.1) is 12.7 Å². The zero-order valence-electron chi connectivity index (χ0n) is 13.2. The van der Waals surface area contributed by atoms with E-state index in [1.807, 2.05) is 0 Å². The second-order valence-corrected chi connectivity index (χ2v) is 5.90. The van der Waals surface area contributed by atoms with Crippen LogP contribution in [0.1, 0.15) is 53.5 Å². The molecule has 0 N–H and O–H groups in total. The lowest BCUT2D eigenvalue weighted by Crippen LogP contribution is -2.07. The summed E-state index contributed by atoms with van der Waals surface area (Å²) in [6, 6.07) is 6.71. The molecule has 0 aliphatic heterocycles. The molecule has 0 unspecified atom stereocenters. The van der Waals surface area contributed by atoms with Crippen LogP contribution < -0.4 is 0 Å². The molecule has 1 saturated carbocycles. The van der Waals surface area contributed by atoms with Crippen LogP contribution in [0.4, 0.5) is 13.2 Å². The first kappa shape index (κ1) is 16.6. The van der Waals surface area contributed by atoms with Crippen LogP contribution in [-0.2, 0) is 10.9 Å². The third kappa shape index (κ3) is 3.05. The molecule has 0 atom stereocenters. The highest BCUT2D eigenvalue weighted by atomic mass is 19.4. The fourth-order valence-electron chi connectivity index (χ4n) is 3.27. The van der Waals surface area contributed by atoms with Crippen molar-refractivity contribution in [1.82, 2.24) is 0 Å². The minimum atomic E-state index is -4.48. The van der Waals surface area contributed by atoms with Crippen molar-refractivity contribution in [1.29, 1.82) is 0 Å². The van der Waals surface area contributed by atoms with Crippen LogP contribution in [0.5, 0.6) is 0 Å². The largest absolute Gasteiger partial charge is 0.463 e. The Labute approximate surface area is 137 Å². The van der Waals surface area contributed by atoms with Crippen molar-refractivity contribution in [2.45, 2.75) is 37.8 Å². The fraction of sp³-hybridized carbons (Fsp3) is 0.389. The molecular weight excluding hydrogens is 321 g/mol. The summed E-state index contributed by atoms with van der Waals surface area (Å²) in [5.74, 6) is -0.277. The van der Waals surface area contributed by atoms with E-state index in [9.17, 15) is 18.0 Å². The Morgan fingerprint density at radius 2 is 1.83 bits per heavy atom. The molecule has 1 aliphatic rings. The number of carbonyl (C=O) groups is 1. The number of benzene rings is 1. The van der Waals surface area contributed by atoms with Crippen molar-refractivity contribution in [3.05, 3.63) is 47.4 Å². The average molecular weight is 338 g/mol. The second kappa shape index (κ2) is 6.34. The van der Waals surface area contributed by atoms with E-state index in [0.29, 0.717) is 11.3 Å². The number of rotatable bonds is 3. The van der Waals surface area contributed by atoms with E-state index in [2.05, 4.69) is 4.74 Å². The number of carbonyl (C=O) groups excluding carboxylic acids is 1. The lowest BCUT2D eigenvalue weighted by molar-refractivity contribution is -0.137. The molecule has 0 bridgehead atoms. The standard InChI is InChI=1S/C18H17F3O3/c1-23-17(22)15-10-13(16(24-15)11-6-2-3-7-11)12-8-4-5-9-14(12)18(19,20)21/h4-5,8-11H,2-3,6-7H2,1H3. The molecule has 1 fully saturated rings. The summed E-state index contributed by atoms with van der Waals surface area (Å²) < 4.78 is 50.3. The number of alkyl halides is 3. The van der Waals surface area contributed by atoms with E-state index >= 15 is 0 Å². The zero-order chi connectivity index (χ0) is 17.3. The van der Waals surface area contributed by atoms with Crippen molar-refractivity contribution in [2.24, 2.45) is 0 Å². The van der Waals surface area contributed by atoms with Gasteiger partial charge in [0, 0.05) is 11.5 Å². The Bertz CT molecular complexity index is 740. The fourth-order valence-corrected chi connectivity index (χ4v) is 3.27. The van der Waals surface area contributed by atoms with Gasteiger partial charge >= 0.3 is 12.1 Å². The Morgan fingerprint density at radius 3 is 2.46 bits per heavy atom. The topological polar surface area (TPSA) is 39.4 Å². The lowest BCUT2D eigenvalue weighted by atomic mass is 9.93. The number of furan rings is 1. The van der Waals surface area contributed by atoms with E-state index < -0.39 is 17.7 Å². The summed E-state index contributed by atoms with van der Waals surface area (Å²) in [7, 11) is 1.21. The van der Waals surface area contributed by atoms with Gasteiger partial charge in [-0.2, -0.15) is 13.2 Å². The van der Waals surface area contributed by atoms with Gasteiger partial charge in [-0.25, -0.2) is 4.79 Å². The van der Waals surface area contributed by atoms with E-state index in [-0.39, 0.29) is 17.2 Å². The molecule has 2 aromatic rings. The first-order valence-electron chi connectivity index (χ1n) is 7.80. The Balaban J connectivity index is 2.16. The van der Waals surface area contributed by atoms with Gasteiger partial charge in [0.1, 0.15) is 5.76 Å². The van der Waals surface area contributed by atoms with Gasteiger partial charge in [0.15, 0.2) is 0 Å². The average Bonchev–Trinajstić information content (AvgIpc) is 3.22. The van der Waals surface area contributed by atoms with Crippen LogP contribution in [0.3, 0.4) is 0 Å². The summed E-state index contributed by atoms with van der Waals surface area (Å²) in [5, 5.41) is 0. The molecule has 1 aliphatic carbocycles. The molecule has 128 valence electrons. The van der Waals surface area contributed by atoms with Crippen LogP contribution >= 0.6 is 0 Å². The van der Waals surface area contributed by atoms with Gasteiger partial charge in [-0.1, -0.05) is 31.0 Å². The molecule has 1 aromatic carbocycles. The Morgan fingerprint density at radius 1 is 1.17 bits per heavy atom. The van der Waals surface area contributed by atoms with Crippen LogP contribution in [0, 0.1) is 0 Å². The first-order valence-corrected chi connectivity index (χ1v) is 7.80. The number of hydrogen-bond acceptors (Lipinski definition) is 3. The highest BCUT2D eigenvalue weighted by Gasteiger charge is 2.36. The predicted molar refractivity (Wildman–Crippen MR) is 81.7 cm³/mol. The van der Waals surface area contributed by atoms with Gasteiger partial charge in [0.2, 0.25) is 5.76 Å². The molecule has 0 saturated heterocycles. The van der Waals surface area contributed by atoms with Crippen molar-refractivity contribution < 1.29 is 27.1 Å². The van der Waals surface area contributed by atoms with E-state index in [1.165, 1.54) is 25.3 Å². The van der Waals surface area contributed by atoms with Gasteiger partial charge in [0.25, 0.3) is 0 Å². The lowest BCUT2D eigenvalue weighted by Gasteiger charge is -2.14. The van der Waals surface area contributed by atoms with Crippen LogP contribution in [0.15, 0.2) is 34.7 Å². The molecule has 0 spiro atoms. The second-order valence-electron chi connectivity index (χ2n) is 5.90. The molecule has 1 aromatic heterocycles. The third-order valence-corrected chi connectivity index (χ3v) is 4.40. The molecule has 24 heavy (non-hydrogen) atoms. The summed E-state index contributed by atoms with van der Waals surface area (Å²) in [6.45, 7) is 0. The maximum absolute atomic E-state index is 13.4. The van der Waals surface area contributed by atoms with Crippen LogP contribution in [-0.4, -0.2) is 13.1 Å². The van der Waals surface area contributed by atoms with Gasteiger partial charge in [-0.15, -0.1) is 0 Å². The number of hydrogen-bond donors (Lipinski definition) is 0. The molecule has 3 nitrogen and oxygen atoms in total. The smallest absolute Gasteiger partial charge is 0.417 e. The Kier molecular flexibility index (Phi) is 4.39. The van der Waals surface area contributed by atoms with E-state index in [4.69, 9.17) is 4.42 Å². The van der Waals surface area contributed by atoms with Crippen molar-refractivity contribution in [3.63, 3.8) is 0 Å². The van der Waals surface area contributed by atoms with E-state index in [0.717, 1.165) is 31.7 Å². The molecule has 6 heteroatoms. The van der Waals surface area contributed by atoms with Crippen molar-refractivity contribution in [3.8, 4) is 11.1 Å². The van der Waals surface area contributed by atoms with Gasteiger partial charge < -0.3 is 9.15 Å². The maximum Gasteiger partial charge on any atom is 0.417 e. The highest BCUT2D eigenvalue weighted by molar-refractivity contribution is 5.89. The number of ether oxygens (including phenoxy) is 1. The number of esters is 1. The van der Waals surface area contributed by atoms with Gasteiger partial charge in [-0.05, 0) is 30.5 Å². The zero-order valence-corrected chi connectivity index (χ0v) is 13.2. The summed E-state index contributed by atoms with van der Waals surface area (Å²) in [4.78, 5) is 11.8. The normalized spacial score (nSPS) is 15.7. The molecule has 3 rings (SSSR count). The molecular formula is C18H17F3O3. The Hall–Kier alpha value is -2.24. The minimum absolute atomic E-state index is 0.0275. The molecule has 0 radical (unpaired) electrons. The SMILES string of the molecule is COC(=O)c1cc(-c2ccccc2C(F)(F)F)c(C2CCCC2)o1. The number of halogens is 3. The molecule has 1 heterocycles. The van der Waals surface area contributed by atoms with Crippen molar-refractivity contribution in [2.75, 3.05) is 7.11 Å². The quantitative estimate of drug-likeness (QED) is 0.703. The summed E-state index contributed by atoms with van der Waals surface area (Å²) >= 11 is 0. The maximum atomic E-state index is 13.4. The van der Waals surface area contributed by atoms with Crippen LogP contribution in [0.25, 0.3) is 11.1 Å². The minimum Gasteiger partial charge on any atom is -0.463 e. The predicted octanol–water partition coefficient (Wildman–Crippen LogP) is 5.41. The third-order valence-electron chi connectivity index (χ3n) is 4.40. The first-order chi connectivity index (χ1) is 11.4. The van der Waals surface area contributed by atoms with E-state index in [1.54, 1.807) is 6.07 Å².